The number of rotatable bonds is 3. The molecule has 1 aliphatic rings. The summed E-state index contributed by atoms with van der Waals surface area (Å²) in [6, 6.07) is 1.02. The lowest BCUT2D eigenvalue weighted by atomic mass is 9.98. The van der Waals surface area contributed by atoms with E-state index in [1.807, 2.05) is 0 Å². The Morgan fingerprint density at radius 2 is 1.90 bits per heavy atom. The van der Waals surface area contributed by atoms with Gasteiger partial charge in [-0.25, -0.2) is 4.39 Å². The molecule has 0 saturated heterocycles. The monoisotopic (exact) mass is 285 g/mol. The molecule has 1 aliphatic carbocycles. The zero-order chi connectivity index (χ0) is 14.9. The Morgan fingerprint density at radius 1 is 1.30 bits per heavy atom. The third kappa shape index (κ3) is 2.60. The molecule has 1 aromatic rings. The van der Waals surface area contributed by atoms with Crippen molar-refractivity contribution in [1.29, 1.82) is 0 Å². The van der Waals surface area contributed by atoms with Gasteiger partial charge in [0.25, 0.3) is 0 Å². The summed E-state index contributed by atoms with van der Waals surface area (Å²) in [4.78, 5) is 21.6. The van der Waals surface area contributed by atoms with Crippen molar-refractivity contribution in [1.82, 2.24) is 0 Å². The largest absolute Gasteiger partial charge is 0.322 e. The lowest BCUT2D eigenvalue weighted by Gasteiger charge is -2.22. The minimum atomic E-state index is -1.30. The topological polar surface area (TPSA) is 98.3 Å². The van der Waals surface area contributed by atoms with Crippen LogP contribution in [0.25, 0.3) is 0 Å². The molecule has 6 nitrogen and oxygen atoms in total. The normalized spacial score (nSPS) is 16.9. The molecule has 3 N–H and O–H groups in total. The van der Waals surface area contributed by atoms with Gasteiger partial charge in [0.05, 0.1) is 16.1 Å². The summed E-state index contributed by atoms with van der Waals surface area (Å²) in [7, 11) is 0. The van der Waals surface area contributed by atoms with E-state index >= 15 is 0 Å². The third-order valence-corrected chi connectivity index (χ3v) is 3.43. The molecular weight excluding hydrogens is 272 g/mol. The Morgan fingerprint density at radius 3 is 2.45 bits per heavy atom. The second-order valence-electron chi connectivity index (χ2n) is 4.86. The summed E-state index contributed by atoms with van der Waals surface area (Å²) >= 11 is 0. The van der Waals surface area contributed by atoms with Gasteiger partial charge in [0, 0.05) is 12.1 Å². The van der Waals surface area contributed by atoms with Crippen LogP contribution in [0.4, 0.5) is 20.2 Å². The summed E-state index contributed by atoms with van der Waals surface area (Å²) in [5.41, 5.74) is 3.44. The van der Waals surface area contributed by atoms with Crippen LogP contribution in [0.2, 0.25) is 0 Å². The SMILES string of the molecule is NC1(C(=O)Nc2cc([N+](=O)[O-])c(F)cc2F)CCCC1. The molecule has 0 atom stereocenters. The number of nitrogens with one attached hydrogen (secondary N) is 1. The average molecular weight is 285 g/mol. The smallest absolute Gasteiger partial charge is 0.307 e. The third-order valence-electron chi connectivity index (χ3n) is 3.43. The number of halogens is 2. The lowest BCUT2D eigenvalue weighted by Crippen LogP contribution is -2.48. The molecule has 1 saturated carbocycles. The second kappa shape index (κ2) is 5.12. The van der Waals surface area contributed by atoms with Gasteiger partial charge in [-0.2, -0.15) is 4.39 Å². The van der Waals surface area contributed by atoms with Gasteiger partial charge in [-0.3, -0.25) is 14.9 Å². The van der Waals surface area contributed by atoms with Crippen molar-refractivity contribution in [2.45, 2.75) is 31.2 Å². The van der Waals surface area contributed by atoms with Crippen LogP contribution in [-0.2, 0) is 4.79 Å². The zero-order valence-electron chi connectivity index (χ0n) is 10.5. The quantitative estimate of drug-likeness (QED) is 0.656. The lowest BCUT2D eigenvalue weighted by molar-refractivity contribution is -0.387. The van der Waals surface area contributed by atoms with E-state index in [1.165, 1.54) is 0 Å². The van der Waals surface area contributed by atoms with E-state index in [0.717, 1.165) is 12.8 Å². The van der Waals surface area contributed by atoms with Crippen LogP contribution in [0.5, 0.6) is 0 Å². The van der Waals surface area contributed by atoms with E-state index in [1.54, 1.807) is 0 Å². The van der Waals surface area contributed by atoms with Crippen molar-refractivity contribution in [3.05, 3.63) is 33.9 Å². The Bertz CT molecular complexity index is 571. The molecule has 0 unspecified atom stereocenters. The van der Waals surface area contributed by atoms with Crippen molar-refractivity contribution >= 4 is 17.3 Å². The fourth-order valence-corrected chi connectivity index (χ4v) is 2.25. The molecular formula is C12H13F2N3O3. The van der Waals surface area contributed by atoms with Crippen molar-refractivity contribution < 1.29 is 18.5 Å². The summed E-state index contributed by atoms with van der Waals surface area (Å²) in [5.74, 6) is -2.99. The summed E-state index contributed by atoms with van der Waals surface area (Å²) < 4.78 is 26.7. The number of anilines is 1. The highest BCUT2D eigenvalue weighted by Gasteiger charge is 2.37. The molecule has 1 aromatic carbocycles. The number of hydrogen-bond donors (Lipinski definition) is 2. The summed E-state index contributed by atoms with van der Waals surface area (Å²) in [6.07, 6.45) is 2.50. The van der Waals surface area contributed by atoms with Gasteiger partial charge in [-0.05, 0) is 12.8 Å². The Kier molecular flexibility index (Phi) is 3.67. The number of nitrogens with zero attached hydrogens (tertiary/aromatic N) is 1. The Balaban J connectivity index is 2.27. The second-order valence-corrected chi connectivity index (χ2v) is 4.86. The number of carbonyl (C=O) groups excluding carboxylic acids is 1. The van der Waals surface area contributed by atoms with Crippen LogP contribution in [0, 0.1) is 21.7 Å². The number of carbonyl (C=O) groups is 1. The number of nitro benzene ring substituents is 1. The highest BCUT2D eigenvalue weighted by Crippen LogP contribution is 2.30. The van der Waals surface area contributed by atoms with Crippen LogP contribution in [0.1, 0.15) is 25.7 Å². The molecule has 1 amide bonds. The molecule has 108 valence electrons. The fourth-order valence-electron chi connectivity index (χ4n) is 2.25. The van der Waals surface area contributed by atoms with Crippen molar-refractivity contribution in [3.63, 3.8) is 0 Å². The molecule has 0 spiro atoms. The van der Waals surface area contributed by atoms with E-state index in [-0.39, 0.29) is 0 Å². The highest BCUT2D eigenvalue weighted by atomic mass is 19.1. The van der Waals surface area contributed by atoms with Crippen LogP contribution in [-0.4, -0.2) is 16.4 Å². The van der Waals surface area contributed by atoms with Crippen molar-refractivity contribution in [2.75, 3.05) is 5.32 Å². The first-order chi connectivity index (χ1) is 9.33. The van der Waals surface area contributed by atoms with E-state index < -0.39 is 39.4 Å². The fraction of sp³-hybridized carbons (Fsp3) is 0.417. The number of amides is 1. The minimum absolute atomic E-state index is 0.367. The van der Waals surface area contributed by atoms with Crippen LogP contribution >= 0.6 is 0 Å². The predicted octanol–water partition coefficient (Wildman–Crippen LogP) is 2.08. The van der Waals surface area contributed by atoms with E-state index in [9.17, 15) is 23.7 Å². The van der Waals surface area contributed by atoms with E-state index in [0.29, 0.717) is 25.0 Å². The molecule has 1 fully saturated rings. The van der Waals surface area contributed by atoms with Gasteiger partial charge in [-0.1, -0.05) is 12.8 Å². The summed E-state index contributed by atoms with van der Waals surface area (Å²) in [6.45, 7) is 0. The molecule has 0 aliphatic heterocycles. The van der Waals surface area contributed by atoms with Gasteiger partial charge in [0.2, 0.25) is 11.7 Å². The molecule has 0 bridgehead atoms. The first-order valence-corrected chi connectivity index (χ1v) is 6.07. The van der Waals surface area contributed by atoms with Gasteiger partial charge in [0.1, 0.15) is 5.82 Å². The van der Waals surface area contributed by atoms with Gasteiger partial charge in [-0.15, -0.1) is 0 Å². The Labute approximate surface area is 113 Å². The van der Waals surface area contributed by atoms with E-state index in [2.05, 4.69) is 5.32 Å². The molecule has 8 heteroatoms. The zero-order valence-corrected chi connectivity index (χ0v) is 10.5. The predicted molar refractivity (Wildman–Crippen MR) is 67.0 cm³/mol. The first-order valence-electron chi connectivity index (χ1n) is 6.07. The van der Waals surface area contributed by atoms with Crippen molar-refractivity contribution in [2.24, 2.45) is 5.73 Å². The number of benzene rings is 1. The molecule has 0 aromatic heterocycles. The standard InChI is InChI=1S/C12H13F2N3O3/c13-7-5-8(14)10(17(19)20)6-9(7)16-11(18)12(15)3-1-2-4-12/h5-6H,1-4,15H2,(H,16,18). The number of hydrogen-bond acceptors (Lipinski definition) is 4. The number of nitrogens with two attached hydrogens (primary N) is 1. The average Bonchev–Trinajstić information content (AvgIpc) is 2.80. The van der Waals surface area contributed by atoms with Gasteiger partial charge >= 0.3 is 5.69 Å². The van der Waals surface area contributed by atoms with Gasteiger partial charge < -0.3 is 11.1 Å². The molecule has 20 heavy (non-hydrogen) atoms. The maximum atomic E-state index is 13.5. The highest BCUT2D eigenvalue weighted by molar-refractivity contribution is 5.98. The summed E-state index contributed by atoms with van der Waals surface area (Å²) in [5, 5.41) is 12.8. The first kappa shape index (κ1) is 14.3. The molecule has 2 rings (SSSR count). The van der Waals surface area contributed by atoms with Crippen molar-refractivity contribution in [3.8, 4) is 0 Å². The maximum Gasteiger partial charge on any atom is 0.307 e. The number of nitro groups is 1. The van der Waals surface area contributed by atoms with Crippen LogP contribution in [0.15, 0.2) is 12.1 Å². The molecule has 0 radical (unpaired) electrons. The minimum Gasteiger partial charge on any atom is -0.322 e. The van der Waals surface area contributed by atoms with Crippen LogP contribution in [0.3, 0.4) is 0 Å². The maximum absolute atomic E-state index is 13.5. The Hall–Kier alpha value is -2.09. The molecule has 0 heterocycles. The van der Waals surface area contributed by atoms with E-state index in [4.69, 9.17) is 5.73 Å². The van der Waals surface area contributed by atoms with Gasteiger partial charge in [0.15, 0.2) is 0 Å². The van der Waals surface area contributed by atoms with Crippen LogP contribution < -0.4 is 11.1 Å².